The molecule has 0 saturated heterocycles. The Morgan fingerprint density at radius 3 is 1.83 bits per heavy atom. The van der Waals surface area contributed by atoms with Gasteiger partial charge in [-0.05, 0) is 66.2 Å². The lowest BCUT2D eigenvalue weighted by molar-refractivity contribution is 0.00702. The summed E-state index contributed by atoms with van der Waals surface area (Å²) in [5.74, 6) is 10.1. The topological polar surface area (TPSA) is 46.2 Å². The van der Waals surface area contributed by atoms with Crippen LogP contribution in [0.5, 0.6) is 0 Å². The third kappa shape index (κ3) is 37.1. The number of rotatable bonds is 19. The quantitative estimate of drug-likeness (QED) is 0.0852. The lowest BCUT2D eigenvalue weighted by atomic mass is 10.2. The molecule has 0 aliphatic carbocycles. The van der Waals surface area contributed by atoms with Gasteiger partial charge in [0.25, 0.3) is 0 Å². The van der Waals surface area contributed by atoms with E-state index in [2.05, 4.69) is 62.8 Å². The number of terminal acetylenes is 3. The van der Waals surface area contributed by atoms with E-state index in [9.17, 15) is 0 Å². The zero-order valence-corrected chi connectivity index (χ0v) is 29.2. The van der Waals surface area contributed by atoms with Crippen LogP contribution in [0.2, 0.25) is 0 Å². The van der Waals surface area contributed by atoms with Gasteiger partial charge in [-0.2, -0.15) is 0 Å². The largest absolute Gasteiger partial charge is 0.376 e. The molecule has 1 aromatic carbocycles. The number of benzene rings is 1. The molecule has 0 aromatic heterocycles. The van der Waals surface area contributed by atoms with Crippen LogP contribution in [-0.4, -0.2) is 74.7 Å². The molecule has 0 fully saturated rings. The molecule has 0 amide bonds. The molecule has 0 spiro atoms. The highest BCUT2D eigenvalue weighted by Crippen LogP contribution is 2.30. The first-order valence-electron chi connectivity index (χ1n) is 13.5. The molecule has 0 saturated carbocycles. The molecular formula is C32H50O5S4. The summed E-state index contributed by atoms with van der Waals surface area (Å²) >= 11 is 0. The third-order valence-electron chi connectivity index (χ3n) is 3.95. The molecule has 0 heterocycles. The molecule has 0 unspecified atom stereocenters. The van der Waals surface area contributed by atoms with Crippen LogP contribution in [0.15, 0.2) is 29.2 Å². The van der Waals surface area contributed by atoms with Gasteiger partial charge in [-0.15, -0.1) is 19.3 Å². The molecule has 0 atom stereocenters. The predicted octanol–water partition coefficient (Wildman–Crippen LogP) is 7.88. The van der Waals surface area contributed by atoms with Crippen molar-refractivity contribution in [3.05, 3.63) is 29.8 Å². The van der Waals surface area contributed by atoms with Gasteiger partial charge in [0.05, 0.1) is 56.6 Å². The van der Waals surface area contributed by atoms with Crippen molar-refractivity contribution in [2.24, 2.45) is 0 Å². The Kier molecular flexibility index (Phi) is 31.5. The van der Waals surface area contributed by atoms with Gasteiger partial charge in [-0.3, -0.25) is 0 Å². The summed E-state index contributed by atoms with van der Waals surface area (Å²) in [5.41, 5.74) is 1.19. The summed E-state index contributed by atoms with van der Waals surface area (Å²) in [5, 5.41) is 0. The van der Waals surface area contributed by atoms with Crippen LogP contribution >= 0.6 is 43.2 Å². The van der Waals surface area contributed by atoms with E-state index in [1.165, 1.54) is 10.5 Å². The van der Waals surface area contributed by atoms with Crippen LogP contribution in [-0.2, 0) is 30.3 Å². The zero-order valence-electron chi connectivity index (χ0n) is 25.9. The van der Waals surface area contributed by atoms with Crippen molar-refractivity contribution in [3.63, 3.8) is 0 Å². The second kappa shape index (κ2) is 30.6. The van der Waals surface area contributed by atoms with Gasteiger partial charge in [0.2, 0.25) is 0 Å². The molecule has 0 bridgehead atoms. The first-order chi connectivity index (χ1) is 19.6. The van der Waals surface area contributed by atoms with Crippen LogP contribution in [0.1, 0.15) is 54.0 Å². The highest BCUT2D eigenvalue weighted by Gasteiger charge is 2.08. The Balaban J connectivity index is 0. The molecule has 0 aliphatic rings. The van der Waals surface area contributed by atoms with Crippen molar-refractivity contribution < 1.29 is 23.7 Å². The highest BCUT2D eigenvalue weighted by molar-refractivity contribution is 8.77. The van der Waals surface area contributed by atoms with Gasteiger partial charge in [0, 0.05) is 16.4 Å². The van der Waals surface area contributed by atoms with E-state index in [0.29, 0.717) is 39.6 Å². The van der Waals surface area contributed by atoms with Gasteiger partial charge in [-0.25, -0.2) is 0 Å². The van der Waals surface area contributed by atoms with Crippen molar-refractivity contribution in [1.82, 2.24) is 0 Å². The SMILES string of the molecule is C#CCOCCOC(C)C.C#CCOCCSSc1ccc(COC(C)C)cc1.C#CCSSCCOC(C)(C)C. The van der Waals surface area contributed by atoms with Crippen molar-refractivity contribution in [2.75, 3.05) is 56.9 Å². The smallest absolute Gasteiger partial charge is 0.107 e. The van der Waals surface area contributed by atoms with E-state index in [1.54, 1.807) is 43.2 Å². The average Bonchev–Trinajstić information content (AvgIpc) is 2.92. The molecule has 41 heavy (non-hydrogen) atoms. The van der Waals surface area contributed by atoms with Crippen LogP contribution in [0.4, 0.5) is 0 Å². The molecule has 0 radical (unpaired) electrons. The minimum absolute atomic E-state index is 0.0165. The average molecular weight is 643 g/mol. The number of ether oxygens (including phenoxy) is 5. The third-order valence-corrected chi connectivity index (χ3v) is 8.43. The standard InChI is InChI=1S/C15H20O2S2.C9H16OS2.C8H14O2/c1-4-9-16-10-11-18-19-15-7-5-14(6-8-15)12-17-13(2)3;1-5-7-11-12-8-6-10-9(2,3)4;1-4-5-9-6-7-10-8(2)3/h1,5-8,13H,9-12H2,2-3H3;1H,6-8H2,2-4H3;1,8H,5-7H2,2-3H3. The van der Waals surface area contributed by atoms with Gasteiger partial charge in [-0.1, -0.05) is 73.1 Å². The minimum atomic E-state index is -0.0165. The van der Waals surface area contributed by atoms with Crippen LogP contribution in [0.25, 0.3) is 0 Å². The fraction of sp³-hybridized carbons (Fsp3) is 0.625. The lowest BCUT2D eigenvalue weighted by Crippen LogP contribution is -2.20. The van der Waals surface area contributed by atoms with Gasteiger partial charge in [0.1, 0.15) is 13.2 Å². The summed E-state index contributed by atoms with van der Waals surface area (Å²) in [4.78, 5) is 1.25. The zero-order chi connectivity index (χ0) is 31.2. The van der Waals surface area contributed by atoms with E-state index >= 15 is 0 Å². The molecule has 5 nitrogen and oxygen atoms in total. The summed E-state index contributed by atoms with van der Waals surface area (Å²) in [6.07, 6.45) is 15.7. The molecule has 0 aliphatic heterocycles. The predicted molar refractivity (Wildman–Crippen MR) is 185 cm³/mol. The highest BCUT2D eigenvalue weighted by atomic mass is 33.1. The Morgan fingerprint density at radius 2 is 1.29 bits per heavy atom. The first kappa shape index (κ1) is 42.2. The van der Waals surface area contributed by atoms with Crippen molar-refractivity contribution >= 4 is 43.2 Å². The van der Waals surface area contributed by atoms with E-state index in [0.717, 1.165) is 23.9 Å². The van der Waals surface area contributed by atoms with Gasteiger partial charge < -0.3 is 23.7 Å². The van der Waals surface area contributed by atoms with Crippen molar-refractivity contribution in [2.45, 2.75) is 77.8 Å². The molecule has 232 valence electrons. The second-order valence-electron chi connectivity index (χ2n) is 9.59. The molecular weight excluding hydrogens is 593 g/mol. The maximum atomic E-state index is 5.56. The summed E-state index contributed by atoms with van der Waals surface area (Å²) < 4.78 is 26.5. The Morgan fingerprint density at radius 1 is 0.707 bits per heavy atom. The van der Waals surface area contributed by atoms with Crippen molar-refractivity contribution in [3.8, 4) is 37.0 Å². The van der Waals surface area contributed by atoms with Gasteiger partial charge in [0.15, 0.2) is 0 Å². The first-order valence-corrected chi connectivity index (χ1v) is 18.3. The summed E-state index contributed by atoms with van der Waals surface area (Å²) in [6, 6.07) is 8.47. The van der Waals surface area contributed by atoms with Crippen LogP contribution in [0, 0.1) is 37.0 Å². The van der Waals surface area contributed by atoms with E-state index in [-0.39, 0.29) is 17.8 Å². The normalized spacial score (nSPS) is 10.6. The molecule has 9 heteroatoms. The van der Waals surface area contributed by atoms with Gasteiger partial charge >= 0.3 is 0 Å². The number of hydrogen-bond acceptors (Lipinski definition) is 9. The number of hydrogen-bond donors (Lipinski definition) is 0. The van der Waals surface area contributed by atoms with E-state index < -0.39 is 0 Å². The van der Waals surface area contributed by atoms with Crippen LogP contribution < -0.4 is 0 Å². The molecule has 1 aromatic rings. The Labute approximate surface area is 267 Å². The van der Waals surface area contributed by atoms with E-state index in [4.69, 9.17) is 43.0 Å². The minimum Gasteiger partial charge on any atom is -0.376 e. The fourth-order valence-electron chi connectivity index (χ4n) is 2.23. The molecule has 0 N–H and O–H groups in total. The Hall–Kier alpha value is -0.900. The lowest BCUT2D eigenvalue weighted by Gasteiger charge is -2.18. The van der Waals surface area contributed by atoms with E-state index in [1.807, 2.05) is 27.7 Å². The van der Waals surface area contributed by atoms with Crippen molar-refractivity contribution in [1.29, 1.82) is 0 Å². The van der Waals surface area contributed by atoms with Crippen LogP contribution in [0.3, 0.4) is 0 Å². The molecule has 1 rings (SSSR count). The summed E-state index contributed by atoms with van der Waals surface area (Å²) in [7, 11) is 7.00. The Bertz CT molecular complexity index is 834. The maximum Gasteiger partial charge on any atom is 0.107 e. The maximum absolute atomic E-state index is 5.56. The summed E-state index contributed by atoms with van der Waals surface area (Å²) in [6.45, 7) is 18.4. The second-order valence-corrected chi connectivity index (χ2v) is 14.7. The monoisotopic (exact) mass is 642 g/mol. The fourth-order valence-corrected chi connectivity index (χ4v) is 5.51.